The number of nitro benzene ring substituents is 1. The van der Waals surface area contributed by atoms with E-state index in [-0.39, 0.29) is 24.3 Å². The summed E-state index contributed by atoms with van der Waals surface area (Å²) < 4.78 is 4.86. The molecule has 1 rings (SSSR count). The summed E-state index contributed by atoms with van der Waals surface area (Å²) in [5.74, 6) is -1.03. The summed E-state index contributed by atoms with van der Waals surface area (Å²) >= 11 is 0. The van der Waals surface area contributed by atoms with Gasteiger partial charge in [0.1, 0.15) is 6.04 Å². The van der Waals surface area contributed by atoms with Gasteiger partial charge in [-0.3, -0.25) is 25.1 Å². The van der Waals surface area contributed by atoms with Crippen molar-refractivity contribution in [1.82, 2.24) is 10.9 Å². The van der Waals surface area contributed by atoms with E-state index in [2.05, 4.69) is 17.4 Å². The van der Waals surface area contributed by atoms with Gasteiger partial charge >= 0.3 is 5.97 Å². The Labute approximate surface area is 127 Å². The van der Waals surface area contributed by atoms with E-state index < -0.39 is 22.8 Å². The van der Waals surface area contributed by atoms with Gasteiger partial charge in [-0.15, -0.1) is 6.58 Å². The highest BCUT2D eigenvalue weighted by Crippen LogP contribution is 2.11. The molecule has 22 heavy (non-hydrogen) atoms. The number of amides is 1. The van der Waals surface area contributed by atoms with Gasteiger partial charge in [-0.05, 0) is 25.5 Å². The fourth-order valence-corrected chi connectivity index (χ4v) is 1.58. The molecule has 0 saturated carbocycles. The third-order valence-corrected chi connectivity index (χ3v) is 2.67. The highest BCUT2D eigenvalue weighted by atomic mass is 16.6. The van der Waals surface area contributed by atoms with E-state index in [4.69, 9.17) is 4.74 Å². The predicted molar refractivity (Wildman–Crippen MR) is 78.9 cm³/mol. The van der Waals surface area contributed by atoms with Crippen LogP contribution < -0.4 is 10.9 Å². The number of ether oxygens (including phenoxy) is 1. The summed E-state index contributed by atoms with van der Waals surface area (Å²) in [5.41, 5.74) is 5.04. The molecular weight excluding hydrogens is 290 g/mol. The van der Waals surface area contributed by atoms with Crippen LogP contribution in [-0.4, -0.2) is 29.4 Å². The van der Waals surface area contributed by atoms with Gasteiger partial charge in [0.25, 0.3) is 11.6 Å². The molecule has 0 saturated heterocycles. The number of carbonyl (C=O) groups excluding carboxylic acids is 2. The lowest BCUT2D eigenvalue weighted by Crippen LogP contribution is -2.48. The van der Waals surface area contributed by atoms with E-state index in [1.54, 1.807) is 6.92 Å². The summed E-state index contributed by atoms with van der Waals surface area (Å²) in [7, 11) is 0. The van der Waals surface area contributed by atoms with Crippen LogP contribution >= 0.6 is 0 Å². The van der Waals surface area contributed by atoms with Crippen molar-refractivity contribution < 1.29 is 19.2 Å². The molecule has 0 aromatic heterocycles. The van der Waals surface area contributed by atoms with E-state index in [9.17, 15) is 19.7 Å². The smallest absolute Gasteiger partial charge is 0.325 e. The van der Waals surface area contributed by atoms with Crippen molar-refractivity contribution in [2.45, 2.75) is 19.4 Å². The molecule has 0 unspecified atom stereocenters. The van der Waals surface area contributed by atoms with Gasteiger partial charge in [0.2, 0.25) is 0 Å². The molecule has 1 aromatic rings. The standard InChI is InChI=1S/C14H17N3O5/c1-3-5-12(14(19)22-4-2)15-16-13(18)10-6-8-11(9-7-10)17(20)21/h3,6-9,12,15H,1,4-5H2,2H3,(H,16,18)/t12-/m1/s1. The second-order valence-electron chi connectivity index (χ2n) is 4.23. The zero-order valence-electron chi connectivity index (χ0n) is 12.1. The minimum atomic E-state index is -0.751. The molecule has 1 aromatic carbocycles. The number of carbonyl (C=O) groups is 2. The quantitative estimate of drug-likeness (QED) is 0.324. The Balaban J connectivity index is 2.64. The number of nitrogens with one attached hydrogen (secondary N) is 2. The predicted octanol–water partition coefficient (Wildman–Crippen LogP) is 1.34. The fourth-order valence-electron chi connectivity index (χ4n) is 1.58. The van der Waals surface area contributed by atoms with E-state index in [0.717, 1.165) is 0 Å². The van der Waals surface area contributed by atoms with E-state index in [1.165, 1.54) is 30.3 Å². The van der Waals surface area contributed by atoms with Crippen molar-refractivity contribution in [3.05, 3.63) is 52.6 Å². The lowest BCUT2D eigenvalue weighted by Gasteiger charge is -2.16. The summed E-state index contributed by atoms with van der Waals surface area (Å²) in [6.45, 7) is 5.44. The third kappa shape index (κ3) is 4.98. The Morgan fingerprint density at radius 3 is 2.55 bits per heavy atom. The molecule has 0 fully saturated rings. The molecule has 0 radical (unpaired) electrons. The monoisotopic (exact) mass is 307 g/mol. The zero-order valence-corrected chi connectivity index (χ0v) is 12.1. The van der Waals surface area contributed by atoms with E-state index in [1.807, 2.05) is 0 Å². The minimum Gasteiger partial charge on any atom is -0.465 e. The van der Waals surface area contributed by atoms with Crippen molar-refractivity contribution in [3.63, 3.8) is 0 Å². The van der Waals surface area contributed by atoms with Crippen LogP contribution in [0.1, 0.15) is 23.7 Å². The van der Waals surface area contributed by atoms with Gasteiger partial charge in [0.05, 0.1) is 11.5 Å². The molecule has 0 bridgehead atoms. The second-order valence-corrected chi connectivity index (χ2v) is 4.23. The number of hydrazine groups is 1. The summed E-state index contributed by atoms with van der Waals surface area (Å²) in [4.78, 5) is 33.5. The lowest BCUT2D eigenvalue weighted by molar-refractivity contribution is -0.384. The molecule has 118 valence electrons. The molecule has 0 heterocycles. The topological polar surface area (TPSA) is 111 Å². The summed E-state index contributed by atoms with van der Waals surface area (Å²) in [5, 5.41) is 10.5. The summed E-state index contributed by atoms with van der Waals surface area (Å²) in [6.07, 6.45) is 1.80. The molecule has 8 heteroatoms. The van der Waals surface area contributed by atoms with Gasteiger partial charge in [-0.25, -0.2) is 5.43 Å². The van der Waals surface area contributed by atoms with Crippen LogP contribution in [-0.2, 0) is 9.53 Å². The average molecular weight is 307 g/mol. The third-order valence-electron chi connectivity index (χ3n) is 2.67. The number of rotatable bonds is 8. The van der Waals surface area contributed by atoms with E-state index >= 15 is 0 Å². The van der Waals surface area contributed by atoms with Gasteiger partial charge in [0, 0.05) is 17.7 Å². The van der Waals surface area contributed by atoms with Crippen LogP contribution in [0, 0.1) is 10.1 Å². The first-order chi connectivity index (χ1) is 10.5. The molecular formula is C14H17N3O5. The number of nitrogens with zero attached hydrogens (tertiary/aromatic N) is 1. The Kier molecular flexibility index (Phi) is 6.71. The van der Waals surface area contributed by atoms with Gasteiger partial charge < -0.3 is 4.74 Å². The zero-order chi connectivity index (χ0) is 16.5. The lowest BCUT2D eigenvalue weighted by atomic mass is 10.2. The number of hydrogen-bond donors (Lipinski definition) is 2. The van der Waals surface area contributed by atoms with Crippen LogP contribution in [0.15, 0.2) is 36.9 Å². The first-order valence-corrected chi connectivity index (χ1v) is 6.57. The number of nitro groups is 1. The maximum absolute atomic E-state index is 11.9. The minimum absolute atomic E-state index is 0.111. The number of esters is 1. The van der Waals surface area contributed by atoms with Crippen molar-refractivity contribution in [3.8, 4) is 0 Å². The Morgan fingerprint density at radius 1 is 1.41 bits per heavy atom. The highest BCUT2D eigenvalue weighted by Gasteiger charge is 2.19. The largest absolute Gasteiger partial charge is 0.465 e. The van der Waals surface area contributed by atoms with Crippen molar-refractivity contribution in [2.75, 3.05) is 6.61 Å². The Morgan fingerprint density at radius 2 is 2.05 bits per heavy atom. The Hall–Kier alpha value is -2.74. The van der Waals surface area contributed by atoms with Gasteiger partial charge in [-0.1, -0.05) is 6.08 Å². The van der Waals surface area contributed by atoms with Crippen molar-refractivity contribution in [2.24, 2.45) is 0 Å². The highest BCUT2D eigenvalue weighted by molar-refractivity contribution is 5.94. The molecule has 1 atom stereocenters. The number of non-ortho nitro benzene ring substituents is 1. The average Bonchev–Trinajstić information content (AvgIpc) is 2.51. The maximum Gasteiger partial charge on any atom is 0.325 e. The van der Waals surface area contributed by atoms with Gasteiger partial charge in [0.15, 0.2) is 0 Å². The molecule has 2 N–H and O–H groups in total. The molecule has 1 amide bonds. The van der Waals surface area contributed by atoms with Crippen LogP contribution in [0.5, 0.6) is 0 Å². The first kappa shape index (κ1) is 17.3. The van der Waals surface area contributed by atoms with E-state index in [0.29, 0.717) is 0 Å². The Bertz CT molecular complexity index is 556. The first-order valence-electron chi connectivity index (χ1n) is 6.57. The SMILES string of the molecule is C=CC[C@@H](NNC(=O)c1ccc([N+](=O)[O-])cc1)C(=O)OCC. The van der Waals surface area contributed by atoms with Crippen molar-refractivity contribution >= 4 is 17.6 Å². The molecule has 0 spiro atoms. The molecule has 0 aliphatic heterocycles. The maximum atomic E-state index is 11.9. The van der Waals surface area contributed by atoms with Crippen LogP contribution in [0.25, 0.3) is 0 Å². The van der Waals surface area contributed by atoms with Crippen LogP contribution in [0.2, 0.25) is 0 Å². The van der Waals surface area contributed by atoms with Crippen molar-refractivity contribution in [1.29, 1.82) is 0 Å². The van der Waals surface area contributed by atoms with Gasteiger partial charge in [-0.2, -0.15) is 0 Å². The second kappa shape index (κ2) is 8.53. The summed E-state index contributed by atoms with van der Waals surface area (Å²) in [6, 6.07) is 4.34. The number of hydrogen-bond acceptors (Lipinski definition) is 6. The fraction of sp³-hybridized carbons (Fsp3) is 0.286. The normalized spacial score (nSPS) is 11.3. The van der Waals surface area contributed by atoms with Crippen LogP contribution in [0.4, 0.5) is 5.69 Å². The number of benzene rings is 1. The molecule has 0 aliphatic rings. The molecule has 8 nitrogen and oxygen atoms in total. The van der Waals surface area contributed by atoms with Crippen LogP contribution in [0.3, 0.4) is 0 Å². The molecule has 0 aliphatic carbocycles.